The third-order valence-electron chi connectivity index (χ3n) is 0.813. The van der Waals surface area contributed by atoms with Gasteiger partial charge in [-0.1, -0.05) is 0 Å². The Morgan fingerprint density at radius 1 is 1.50 bits per heavy atom. The molecule has 0 amide bonds. The highest BCUT2D eigenvalue weighted by molar-refractivity contribution is 6.29. The van der Waals surface area contributed by atoms with Crippen molar-refractivity contribution in [1.29, 1.82) is 0 Å². The van der Waals surface area contributed by atoms with Gasteiger partial charge in [0.05, 0.1) is 0 Å². The highest BCUT2D eigenvalue weighted by Gasteiger charge is 1.75. The summed E-state index contributed by atoms with van der Waals surface area (Å²) in [6, 6.07) is 0. The predicted octanol–water partition coefficient (Wildman–Crippen LogP) is 1.42. The molecule has 0 N–H and O–H groups in total. The zero-order valence-corrected chi connectivity index (χ0v) is 6.83. The maximum absolute atomic E-state index is 4.00. The predicted molar refractivity (Wildman–Crippen MR) is 48.0 cm³/mol. The summed E-state index contributed by atoms with van der Waals surface area (Å²) in [5, 5.41) is 0. The maximum atomic E-state index is 4.00. The standard InChI is InChI=1S/C6H12N2.C2H2/c1-4-8-5-6(2)7-3;1-2/h5H,4H2,1-3H3;1-2H. The van der Waals surface area contributed by atoms with Crippen molar-refractivity contribution in [2.45, 2.75) is 13.8 Å². The van der Waals surface area contributed by atoms with Gasteiger partial charge in [0.15, 0.2) is 0 Å². The van der Waals surface area contributed by atoms with Crippen LogP contribution in [-0.2, 0) is 0 Å². The first-order valence-electron chi connectivity index (χ1n) is 3.07. The third-order valence-corrected chi connectivity index (χ3v) is 0.813. The molecule has 0 atom stereocenters. The second-order valence-electron chi connectivity index (χ2n) is 1.49. The minimum Gasteiger partial charge on any atom is -0.292 e. The molecule has 0 aromatic rings. The van der Waals surface area contributed by atoms with E-state index in [-0.39, 0.29) is 0 Å². The summed E-state index contributed by atoms with van der Waals surface area (Å²) >= 11 is 0. The smallest absolute Gasteiger partial charge is 0.0491 e. The van der Waals surface area contributed by atoms with Crippen LogP contribution in [-0.4, -0.2) is 25.5 Å². The number of hydrogen-bond acceptors (Lipinski definition) is 2. The molecular formula is C8H14N2. The quantitative estimate of drug-likeness (QED) is 0.407. The Balaban J connectivity index is 0. The summed E-state index contributed by atoms with van der Waals surface area (Å²) in [5.41, 5.74) is 0.979. The van der Waals surface area contributed by atoms with Crippen molar-refractivity contribution in [2.24, 2.45) is 9.98 Å². The van der Waals surface area contributed by atoms with Crippen molar-refractivity contribution >= 4 is 11.9 Å². The van der Waals surface area contributed by atoms with Crippen molar-refractivity contribution in [1.82, 2.24) is 0 Å². The zero-order chi connectivity index (χ0) is 8.41. The van der Waals surface area contributed by atoms with Crippen LogP contribution in [0.4, 0.5) is 0 Å². The monoisotopic (exact) mass is 138 g/mol. The number of rotatable bonds is 2. The van der Waals surface area contributed by atoms with Crippen molar-refractivity contribution in [3.05, 3.63) is 0 Å². The van der Waals surface area contributed by atoms with E-state index in [1.807, 2.05) is 13.8 Å². The Kier molecular flexibility index (Phi) is 12.6. The fraction of sp³-hybridized carbons (Fsp3) is 0.500. The molecule has 0 unspecified atom stereocenters. The summed E-state index contributed by atoms with van der Waals surface area (Å²) in [6.45, 7) is 4.77. The van der Waals surface area contributed by atoms with Gasteiger partial charge in [-0.2, -0.15) is 0 Å². The van der Waals surface area contributed by atoms with E-state index in [1.54, 1.807) is 13.3 Å². The Morgan fingerprint density at radius 3 is 2.30 bits per heavy atom. The van der Waals surface area contributed by atoms with E-state index in [2.05, 4.69) is 22.8 Å². The SMILES string of the molecule is C#C.CCN=CC(C)=NC. The average Bonchev–Trinajstić information content (AvgIpc) is 2.04. The zero-order valence-electron chi connectivity index (χ0n) is 6.83. The molecule has 0 aliphatic carbocycles. The number of aliphatic imine (C=N–C) groups is 2. The highest BCUT2D eigenvalue weighted by Crippen LogP contribution is 1.69. The summed E-state index contributed by atoms with van der Waals surface area (Å²) in [6.07, 6.45) is 9.78. The lowest BCUT2D eigenvalue weighted by Crippen LogP contribution is -1.91. The van der Waals surface area contributed by atoms with E-state index in [1.165, 1.54) is 0 Å². The normalized spacial score (nSPS) is 10.7. The van der Waals surface area contributed by atoms with Gasteiger partial charge in [-0.15, -0.1) is 12.8 Å². The van der Waals surface area contributed by atoms with Crippen molar-refractivity contribution in [3.63, 3.8) is 0 Å². The van der Waals surface area contributed by atoms with Gasteiger partial charge in [-0.05, 0) is 13.8 Å². The van der Waals surface area contributed by atoms with Gasteiger partial charge in [-0.25, -0.2) is 0 Å². The second kappa shape index (κ2) is 10.8. The van der Waals surface area contributed by atoms with Crippen LogP contribution in [0, 0.1) is 12.8 Å². The topological polar surface area (TPSA) is 24.7 Å². The lowest BCUT2D eigenvalue weighted by Gasteiger charge is -1.83. The van der Waals surface area contributed by atoms with Crippen molar-refractivity contribution < 1.29 is 0 Å². The fourth-order valence-corrected chi connectivity index (χ4v) is 0.281. The lowest BCUT2D eigenvalue weighted by molar-refractivity contribution is 1.14. The van der Waals surface area contributed by atoms with E-state index < -0.39 is 0 Å². The Bertz CT molecular complexity index is 131. The summed E-state index contributed by atoms with van der Waals surface area (Å²) in [5.74, 6) is 0. The van der Waals surface area contributed by atoms with Crippen molar-refractivity contribution in [3.8, 4) is 12.8 Å². The number of terminal acetylenes is 1. The molecule has 0 saturated carbocycles. The molecule has 2 heteroatoms. The first kappa shape index (κ1) is 11.7. The highest BCUT2D eigenvalue weighted by atomic mass is 14.7. The molecule has 0 aromatic carbocycles. The molecule has 0 fully saturated rings. The van der Waals surface area contributed by atoms with Crippen LogP contribution < -0.4 is 0 Å². The van der Waals surface area contributed by atoms with Crippen LogP contribution in [0.3, 0.4) is 0 Å². The fourth-order valence-electron chi connectivity index (χ4n) is 0.281. The molecule has 0 aliphatic heterocycles. The van der Waals surface area contributed by atoms with E-state index in [0.717, 1.165) is 12.3 Å². The number of hydrogen-bond donors (Lipinski definition) is 0. The molecule has 56 valence electrons. The van der Waals surface area contributed by atoms with E-state index in [4.69, 9.17) is 0 Å². The summed E-state index contributed by atoms with van der Waals surface area (Å²) in [7, 11) is 1.76. The minimum absolute atomic E-state index is 0.840. The van der Waals surface area contributed by atoms with Gasteiger partial charge in [-0.3, -0.25) is 9.98 Å². The largest absolute Gasteiger partial charge is 0.292 e. The molecule has 0 spiro atoms. The summed E-state index contributed by atoms with van der Waals surface area (Å²) in [4.78, 5) is 7.88. The van der Waals surface area contributed by atoms with Crippen LogP contribution in [0.1, 0.15) is 13.8 Å². The van der Waals surface area contributed by atoms with Crippen LogP contribution >= 0.6 is 0 Å². The van der Waals surface area contributed by atoms with Crippen LogP contribution in [0.15, 0.2) is 9.98 Å². The summed E-state index contributed by atoms with van der Waals surface area (Å²) < 4.78 is 0. The third kappa shape index (κ3) is 10.0. The molecule has 0 aliphatic rings. The van der Waals surface area contributed by atoms with E-state index in [0.29, 0.717) is 0 Å². The molecule has 0 aromatic heterocycles. The Morgan fingerprint density at radius 2 is 2.00 bits per heavy atom. The van der Waals surface area contributed by atoms with Crippen LogP contribution in [0.2, 0.25) is 0 Å². The molecule has 0 rings (SSSR count). The van der Waals surface area contributed by atoms with Gasteiger partial charge < -0.3 is 0 Å². The van der Waals surface area contributed by atoms with Gasteiger partial charge in [0.2, 0.25) is 0 Å². The molecule has 2 nitrogen and oxygen atoms in total. The van der Waals surface area contributed by atoms with E-state index >= 15 is 0 Å². The maximum Gasteiger partial charge on any atom is 0.0491 e. The average molecular weight is 138 g/mol. The molecule has 0 radical (unpaired) electrons. The number of nitrogens with zero attached hydrogens (tertiary/aromatic N) is 2. The van der Waals surface area contributed by atoms with Crippen LogP contribution in [0.25, 0.3) is 0 Å². The minimum atomic E-state index is 0.840. The van der Waals surface area contributed by atoms with Gasteiger partial charge >= 0.3 is 0 Å². The first-order chi connectivity index (χ1) is 4.81. The molecular weight excluding hydrogens is 124 g/mol. The molecule has 10 heavy (non-hydrogen) atoms. The Hall–Kier alpha value is -1.10. The van der Waals surface area contributed by atoms with Gasteiger partial charge in [0, 0.05) is 25.5 Å². The molecule has 0 bridgehead atoms. The molecule has 0 saturated heterocycles. The lowest BCUT2D eigenvalue weighted by atomic mass is 10.5. The van der Waals surface area contributed by atoms with Crippen molar-refractivity contribution in [2.75, 3.05) is 13.6 Å². The van der Waals surface area contributed by atoms with Crippen LogP contribution in [0.5, 0.6) is 0 Å². The van der Waals surface area contributed by atoms with E-state index in [9.17, 15) is 0 Å². The van der Waals surface area contributed by atoms with Gasteiger partial charge in [0.1, 0.15) is 0 Å². The second-order valence-corrected chi connectivity index (χ2v) is 1.49. The molecule has 0 heterocycles. The Labute approximate surface area is 63.1 Å². The van der Waals surface area contributed by atoms with Gasteiger partial charge in [0.25, 0.3) is 0 Å². The first-order valence-corrected chi connectivity index (χ1v) is 3.07.